The fourth-order valence-electron chi connectivity index (χ4n) is 4.11. The lowest BCUT2D eigenvalue weighted by molar-refractivity contribution is 0.0940. The van der Waals surface area contributed by atoms with Crippen LogP contribution in [-0.2, 0) is 0 Å². The van der Waals surface area contributed by atoms with Gasteiger partial charge in [0, 0.05) is 28.7 Å². The van der Waals surface area contributed by atoms with Crippen LogP contribution >= 0.6 is 0 Å². The van der Waals surface area contributed by atoms with Crippen LogP contribution in [0.5, 0.6) is 23.0 Å². The summed E-state index contributed by atoms with van der Waals surface area (Å²) < 4.78 is 16.3. The highest BCUT2D eigenvalue weighted by molar-refractivity contribution is 5.98. The second kappa shape index (κ2) is 11.5. The van der Waals surface area contributed by atoms with Gasteiger partial charge in [0.2, 0.25) is 5.95 Å². The number of rotatable bonds is 9. The van der Waals surface area contributed by atoms with Gasteiger partial charge in [0.05, 0.1) is 32.9 Å². The molecule has 3 aromatic carbocycles. The molecule has 0 aliphatic rings. The van der Waals surface area contributed by atoms with Gasteiger partial charge in [0.15, 0.2) is 0 Å². The Morgan fingerprint density at radius 2 is 1.47 bits per heavy atom. The van der Waals surface area contributed by atoms with Gasteiger partial charge in [-0.2, -0.15) is 0 Å². The number of benzene rings is 3. The normalized spacial score (nSPS) is 11.4. The standard InChI is InChI=1S/C29H30N4O5/c1-17-14-18(2)31-29(30-17)32-20-8-13-25(34)24(15-20)28(35)33-27(19-6-9-21(36-3)10-7-19)23-12-11-22(37-4)16-26(23)38-5/h6-16,27,34H,1-5H3,(H,33,35)(H,30,31,32). The molecule has 0 spiro atoms. The van der Waals surface area contributed by atoms with Crippen molar-refractivity contribution in [3.8, 4) is 23.0 Å². The number of nitrogens with one attached hydrogen (secondary N) is 2. The van der Waals surface area contributed by atoms with Crippen LogP contribution in [0.2, 0.25) is 0 Å². The first kappa shape index (κ1) is 26.3. The summed E-state index contributed by atoms with van der Waals surface area (Å²) in [5.74, 6) is 1.60. The van der Waals surface area contributed by atoms with Gasteiger partial charge < -0.3 is 30.0 Å². The molecule has 1 unspecified atom stereocenters. The van der Waals surface area contributed by atoms with Crippen molar-refractivity contribution in [1.82, 2.24) is 15.3 Å². The molecule has 1 atom stereocenters. The van der Waals surface area contributed by atoms with Crippen molar-refractivity contribution < 1.29 is 24.1 Å². The molecule has 4 rings (SSSR count). The average molecular weight is 515 g/mol. The molecule has 1 amide bonds. The predicted octanol–water partition coefficient (Wildman–Crippen LogP) is 5.09. The van der Waals surface area contributed by atoms with Crippen molar-refractivity contribution in [1.29, 1.82) is 0 Å². The lowest BCUT2D eigenvalue weighted by Crippen LogP contribution is -2.29. The highest BCUT2D eigenvalue weighted by Gasteiger charge is 2.24. The molecule has 4 aromatic rings. The summed E-state index contributed by atoms with van der Waals surface area (Å²) in [4.78, 5) is 22.3. The topological polar surface area (TPSA) is 115 Å². The summed E-state index contributed by atoms with van der Waals surface area (Å²) in [6, 6.07) is 18.7. The van der Waals surface area contributed by atoms with E-state index in [0.29, 0.717) is 34.4 Å². The maximum absolute atomic E-state index is 13.6. The molecule has 0 aliphatic carbocycles. The molecule has 0 saturated carbocycles. The van der Waals surface area contributed by atoms with Gasteiger partial charge in [-0.15, -0.1) is 0 Å². The number of anilines is 2. The molecule has 0 saturated heterocycles. The number of phenols is 1. The smallest absolute Gasteiger partial charge is 0.255 e. The van der Waals surface area contributed by atoms with Gasteiger partial charge in [-0.25, -0.2) is 9.97 Å². The van der Waals surface area contributed by atoms with Gasteiger partial charge in [0.25, 0.3) is 5.91 Å². The van der Waals surface area contributed by atoms with Crippen LogP contribution in [-0.4, -0.2) is 42.3 Å². The number of methoxy groups -OCH3 is 3. The number of aromatic hydroxyl groups is 1. The molecule has 0 fully saturated rings. The Morgan fingerprint density at radius 3 is 2.11 bits per heavy atom. The molecule has 1 heterocycles. The summed E-state index contributed by atoms with van der Waals surface area (Å²) in [6.07, 6.45) is 0. The molecule has 0 aliphatic heterocycles. The molecule has 196 valence electrons. The lowest BCUT2D eigenvalue weighted by Gasteiger charge is -2.23. The Bertz CT molecular complexity index is 1420. The quantitative estimate of drug-likeness (QED) is 0.265. The molecule has 38 heavy (non-hydrogen) atoms. The van der Waals surface area contributed by atoms with Crippen LogP contribution < -0.4 is 24.8 Å². The van der Waals surface area contributed by atoms with Crippen LogP contribution in [0.3, 0.4) is 0 Å². The number of hydrogen-bond acceptors (Lipinski definition) is 8. The minimum Gasteiger partial charge on any atom is -0.507 e. The number of aromatic nitrogens is 2. The van der Waals surface area contributed by atoms with Crippen LogP contribution in [0.4, 0.5) is 11.6 Å². The number of hydrogen-bond donors (Lipinski definition) is 3. The molecular formula is C29H30N4O5. The second-order valence-corrected chi connectivity index (χ2v) is 8.62. The minimum absolute atomic E-state index is 0.0883. The van der Waals surface area contributed by atoms with Crippen molar-refractivity contribution in [2.24, 2.45) is 0 Å². The molecule has 0 radical (unpaired) electrons. The fourth-order valence-corrected chi connectivity index (χ4v) is 4.11. The van der Waals surface area contributed by atoms with Gasteiger partial charge in [-0.3, -0.25) is 4.79 Å². The first-order chi connectivity index (χ1) is 18.3. The minimum atomic E-state index is -0.604. The van der Waals surface area contributed by atoms with Crippen molar-refractivity contribution in [2.75, 3.05) is 26.6 Å². The number of carbonyl (C=O) groups excluding carboxylic acids is 1. The summed E-state index contributed by atoms with van der Waals surface area (Å²) in [5, 5.41) is 16.7. The monoisotopic (exact) mass is 514 g/mol. The van der Waals surface area contributed by atoms with Crippen molar-refractivity contribution in [2.45, 2.75) is 19.9 Å². The Kier molecular flexibility index (Phi) is 7.96. The summed E-state index contributed by atoms with van der Waals surface area (Å²) >= 11 is 0. The maximum atomic E-state index is 13.6. The third-order valence-corrected chi connectivity index (χ3v) is 5.96. The molecule has 3 N–H and O–H groups in total. The van der Waals surface area contributed by atoms with E-state index >= 15 is 0 Å². The Labute approximate surface area is 221 Å². The number of ether oxygens (including phenoxy) is 3. The lowest BCUT2D eigenvalue weighted by atomic mass is 9.96. The van der Waals surface area contributed by atoms with Crippen LogP contribution in [0.15, 0.2) is 66.7 Å². The second-order valence-electron chi connectivity index (χ2n) is 8.62. The van der Waals surface area contributed by atoms with E-state index in [1.54, 1.807) is 45.6 Å². The van der Waals surface area contributed by atoms with E-state index in [-0.39, 0.29) is 11.3 Å². The first-order valence-electron chi connectivity index (χ1n) is 11.9. The van der Waals surface area contributed by atoms with Gasteiger partial charge in [0.1, 0.15) is 23.0 Å². The van der Waals surface area contributed by atoms with Gasteiger partial charge in [-0.05, 0) is 67.9 Å². The number of carbonyl (C=O) groups is 1. The van der Waals surface area contributed by atoms with E-state index in [2.05, 4.69) is 20.6 Å². The van der Waals surface area contributed by atoms with E-state index < -0.39 is 11.9 Å². The average Bonchev–Trinajstić information content (AvgIpc) is 2.92. The predicted molar refractivity (Wildman–Crippen MR) is 145 cm³/mol. The number of phenolic OH excluding ortho intramolecular Hbond substituents is 1. The van der Waals surface area contributed by atoms with Gasteiger partial charge >= 0.3 is 0 Å². The fraction of sp³-hybridized carbons (Fsp3) is 0.207. The SMILES string of the molecule is COc1ccc(C(NC(=O)c2cc(Nc3nc(C)cc(C)n3)ccc2O)c2ccc(OC)cc2OC)cc1. The molecule has 9 nitrogen and oxygen atoms in total. The van der Waals surface area contributed by atoms with Crippen molar-refractivity contribution in [3.63, 3.8) is 0 Å². The van der Waals surface area contributed by atoms with Crippen LogP contribution in [0.25, 0.3) is 0 Å². The largest absolute Gasteiger partial charge is 0.507 e. The van der Waals surface area contributed by atoms with E-state index in [1.807, 2.05) is 50.2 Å². The van der Waals surface area contributed by atoms with Crippen molar-refractivity contribution in [3.05, 3.63) is 94.8 Å². The molecular weight excluding hydrogens is 484 g/mol. The van der Waals surface area contributed by atoms with E-state index in [0.717, 1.165) is 17.0 Å². The Morgan fingerprint density at radius 1 is 0.816 bits per heavy atom. The zero-order valence-electron chi connectivity index (χ0n) is 21.9. The van der Waals surface area contributed by atoms with E-state index in [4.69, 9.17) is 14.2 Å². The third-order valence-electron chi connectivity index (χ3n) is 5.96. The summed E-state index contributed by atoms with van der Waals surface area (Å²) in [5.41, 5.74) is 3.77. The highest BCUT2D eigenvalue weighted by atomic mass is 16.5. The van der Waals surface area contributed by atoms with Crippen LogP contribution in [0.1, 0.15) is 38.9 Å². The maximum Gasteiger partial charge on any atom is 0.255 e. The third kappa shape index (κ3) is 5.95. The van der Waals surface area contributed by atoms with E-state index in [1.165, 1.54) is 6.07 Å². The zero-order chi connectivity index (χ0) is 27.2. The molecule has 1 aromatic heterocycles. The Hall–Kier alpha value is -4.79. The Balaban J connectivity index is 1.69. The van der Waals surface area contributed by atoms with Gasteiger partial charge in [-0.1, -0.05) is 12.1 Å². The summed E-state index contributed by atoms with van der Waals surface area (Å²) in [7, 11) is 4.72. The molecule has 0 bridgehead atoms. The number of aryl methyl sites for hydroxylation is 2. The van der Waals surface area contributed by atoms with Crippen molar-refractivity contribution >= 4 is 17.5 Å². The first-order valence-corrected chi connectivity index (χ1v) is 11.9. The zero-order valence-corrected chi connectivity index (χ0v) is 21.9. The highest BCUT2D eigenvalue weighted by Crippen LogP contribution is 2.34. The number of nitrogens with zero attached hydrogens (tertiary/aromatic N) is 2. The van der Waals surface area contributed by atoms with E-state index in [9.17, 15) is 9.90 Å². The summed E-state index contributed by atoms with van der Waals surface area (Å²) in [6.45, 7) is 3.75. The molecule has 9 heteroatoms. The van der Waals surface area contributed by atoms with Crippen LogP contribution in [0, 0.1) is 13.8 Å². The number of amides is 1.